The number of anilines is 6. The zero-order chi connectivity index (χ0) is 93.4. The fraction of sp³-hybridized carbons (Fsp3) is 0. The van der Waals surface area contributed by atoms with E-state index in [1.807, 2.05) is 22.7 Å². The summed E-state index contributed by atoms with van der Waals surface area (Å²) in [6.45, 7) is 0. The molecule has 0 aliphatic heterocycles. The lowest BCUT2D eigenvalue weighted by atomic mass is 9.92. The fourth-order valence-electron chi connectivity index (χ4n) is 22.6. The van der Waals surface area contributed by atoms with Gasteiger partial charge in [0.05, 0.1) is 42.8 Å². The molecule has 29 rings (SSSR count). The molecule has 4 nitrogen and oxygen atoms in total. The van der Waals surface area contributed by atoms with Crippen LogP contribution in [0.3, 0.4) is 0 Å². The maximum Gasteiger partial charge on any atom is 0.0640 e. The first kappa shape index (κ1) is 82.2. The van der Waals surface area contributed by atoms with E-state index in [0.29, 0.717) is 0 Å². The quantitative estimate of drug-likeness (QED) is 0.101. The van der Waals surface area contributed by atoms with Gasteiger partial charge in [-0.05, 0) is 294 Å². The number of benzene rings is 25. The van der Waals surface area contributed by atoms with E-state index in [9.17, 15) is 0 Å². The minimum atomic E-state index is 1.11. The number of hydrogen-bond acceptors (Lipinski definition) is 4. The molecule has 0 N–H and O–H groups in total. The van der Waals surface area contributed by atoms with Gasteiger partial charge in [0.2, 0.25) is 0 Å². The van der Waals surface area contributed by atoms with E-state index in [2.05, 4.69) is 541 Å². The summed E-state index contributed by atoms with van der Waals surface area (Å²) in [5.41, 5.74) is 28.2. The summed E-state index contributed by atoms with van der Waals surface area (Å²) < 4.78 is 10.0. The second kappa shape index (κ2) is 34.0. The lowest BCUT2D eigenvalue weighted by Gasteiger charge is -2.26. The van der Waals surface area contributed by atoms with Crippen molar-refractivity contribution >= 4 is 216 Å². The molecule has 0 atom stereocenters. The van der Waals surface area contributed by atoms with Crippen molar-refractivity contribution in [2.45, 2.75) is 0 Å². The molecule has 0 unspecified atom stereocenters. The van der Waals surface area contributed by atoms with Gasteiger partial charge >= 0.3 is 0 Å². The molecule has 0 aliphatic rings. The number of para-hydroxylation sites is 2. The summed E-state index contributed by atoms with van der Waals surface area (Å²) in [6, 6.07) is 192. The van der Waals surface area contributed by atoms with Crippen molar-refractivity contribution in [2.24, 2.45) is 0 Å². The first-order valence-corrected chi connectivity index (χ1v) is 50.4. The summed E-state index contributed by atoms with van der Waals surface area (Å²) in [5.74, 6) is 0. The Labute approximate surface area is 828 Å². The molecule has 29 aromatic rings. The standard InChI is InChI=1S/C70H44N2S.C66H42N2S/c1-2-16-51(17-3-1)71(68-26-13-25-62-61-23-10-11-27-69(61)73-70(62)68)52-35-28-46(29-36-52)49-33-40-66-64(43-49)65-44-50(55-24-12-15-47-14-4-5-18-54(47)55)34-41-67(65)72(66)53-37-30-45(31-38-53)48-32-39-60-58-21-7-6-19-56(58)57-20-8-9-22-59(57)63(60)42-48;1-2-13-43(14-3-1)44-25-33-49(34-26-44)67(64-23-12-21-59-58-20-9-11-24-65(58)69-66(59)64)50-35-27-46(28-36-50)48-32-40-63-61(42-48)57-19-8-10-22-62(57)68(63)51-37-29-45(30-38-51)47-31-39-56-54-17-5-4-15-52(54)53-16-6-7-18-55(53)60(56)41-47/h1-44H;1-42H. The predicted molar refractivity (Wildman–Crippen MR) is 612 cm³/mol. The maximum absolute atomic E-state index is 2.45. The monoisotopic (exact) mass is 1840 g/mol. The van der Waals surface area contributed by atoms with Crippen LogP contribution in [0.25, 0.3) is 237 Å². The Hall–Kier alpha value is -18.0. The topological polar surface area (TPSA) is 16.3 Å². The van der Waals surface area contributed by atoms with Crippen molar-refractivity contribution in [3.05, 3.63) is 522 Å². The molecule has 6 heteroatoms. The van der Waals surface area contributed by atoms with Crippen LogP contribution in [0.15, 0.2) is 522 Å². The highest BCUT2D eigenvalue weighted by Gasteiger charge is 2.25. The Morgan fingerprint density at radius 1 is 0.148 bits per heavy atom. The number of hydrogen-bond donors (Lipinski definition) is 0. The van der Waals surface area contributed by atoms with Gasteiger partial charge < -0.3 is 18.9 Å². The summed E-state index contributed by atoms with van der Waals surface area (Å²) in [6.07, 6.45) is 0. The summed E-state index contributed by atoms with van der Waals surface area (Å²) in [4.78, 5) is 4.82. The highest BCUT2D eigenvalue weighted by Crippen LogP contribution is 2.51. The molecule has 142 heavy (non-hydrogen) atoms. The first-order chi connectivity index (χ1) is 70.4. The van der Waals surface area contributed by atoms with E-state index in [1.54, 1.807) is 0 Å². The van der Waals surface area contributed by atoms with Gasteiger partial charge in [0.25, 0.3) is 0 Å². The van der Waals surface area contributed by atoms with Crippen molar-refractivity contribution in [3.8, 4) is 78.1 Å². The third-order valence-electron chi connectivity index (χ3n) is 29.4. The van der Waals surface area contributed by atoms with Crippen LogP contribution in [-0.2, 0) is 0 Å². The molecule has 0 radical (unpaired) electrons. The molecular weight excluding hydrogens is 1750 g/mol. The predicted octanol–water partition coefficient (Wildman–Crippen LogP) is 39.3. The number of fused-ring (bicyclic) bond motifs is 25. The molecule has 0 saturated heterocycles. The molecule has 662 valence electrons. The Bertz CT molecular complexity index is 10000. The average molecular weight is 1840 g/mol. The van der Waals surface area contributed by atoms with Crippen molar-refractivity contribution < 1.29 is 0 Å². The van der Waals surface area contributed by atoms with Crippen LogP contribution in [0.5, 0.6) is 0 Å². The SMILES string of the molecule is c1ccc(-c2ccc(N(c3ccc(-c4ccc5c(c4)c4ccccc4n5-c4ccc(-c5ccc6c7ccccc7c7ccccc7c6c5)cc4)cc3)c3cccc4c3sc3ccccc34)cc2)cc1.c1ccc(N(c2ccc(-c3ccc4c(c3)c3cc(-c5cccc6ccccc56)ccc3n4-c3ccc(-c4ccc5c6ccccc6c6ccccc6c5c4)cc3)cc2)c2cccc3c2sc2ccccc23)cc1. The van der Waals surface area contributed by atoms with Crippen LogP contribution in [0.4, 0.5) is 34.1 Å². The zero-order valence-corrected chi connectivity index (χ0v) is 78.9. The van der Waals surface area contributed by atoms with Crippen LogP contribution in [-0.4, -0.2) is 9.13 Å². The lowest BCUT2D eigenvalue weighted by molar-refractivity contribution is 1.18. The van der Waals surface area contributed by atoms with E-state index in [1.165, 1.54) is 237 Å². The van der Waals surface area contributed by atoms with Gasteiger partial charge in [0.15, 0.2) is 0 Å². The Balaban J connectivity index is 0.000000139. The summed E-state index contributed by atoms with van der Waals surface area (Å²) in [7, 11) is 0. The van der Waals surface area contributed by atoms with Crippen molar-refractivity contribution in [3.63, 3.8) is 0 Å². The van der Waals surface area contributed by atoms with E-state index in [-0.39, 0.29) is 0 Å². The Kier molecular flexibility index (Phi) is 19.7. The minimum Gasteiger partial charge on any atom is -0.309 e. The van der Waals surface area contributed by atoms with Gasteiger partial charge in [-0.25, -0.2) is 0 Å². The summed E-state index contributed by atoms with van der Waals surface area (Å²) in [5, 5.41) is 28.1. The van der Waals surface area contributed by atoms with Crippen molar-refractivity contribution in [1.82, 2.24) is 9.13 Å². The van der Waals surface area contributed by atoms with Crippen LogP contribution in [0.1, 0.15) is 0 Å². The third kappa shape index (κ3) is 13.8. The second-order valence-electron chi connectivity index (χ2n) is 37.2. The van der Waals surface area contributed by atoms with Crippen molar-refractivity contribution in [2.75, 3.05) is 9.80 Å². The van der Waals surface area contributed by atoms with Gasteiger partial charge in [-0.3, -0.25) is 0 Å². The Morgan fingerprint density at radius 2 is 0.415 bits per heavy atom. The third-order valence-corrected chi connectivity index (χ3v) is 31.8. The summed E-state index contributed by atoms with van der Waals surface area (Å²) >= 11 is 3.73. The van der Waals surface area contributed by atoms with Crippen molar-refractivity contribution in [1.29, 1.82) is 0 Å². The molecule has 0 amide bonds. The Morgan fingerprint density at radius 3 is 0.852 bits per heavy atom. The van der Waals surface area contributed by atoms with E-state index < -0.39 is 0 Å². The number of aromatic nitrogens is 2. The molecule has 4 heterocycles. The second-order valence-corrected chi connectivity index (χ2v) is 39.3. The van der Waals surface area contributed by atoms with E-state index in [4.69, 9.17) is 0 Å². The van der Waals surface area contributed by atoms with Crippen LogP contribution in [0, 0.1) is 0 Å². The highest BCUT2D eigenvalue weighted by molar-refractivity contribution is 7.27. The molecule has 0 fully saturated rings. The van der Waals surface area contributed by atoms with Crippen LogP contribution < -0.4 is 9.80 Å². The number of nitrogens with zero attached hydrogens (tertiary/aromatic N) is 4. The molecule has 0 spiro atoms. The first-order valence-electron chi connectivity index (χ1n) is 48.7. The number of rotatable bonds is 14. The molecule has 25 aromatic carbocycles. The normalized spacial score (nSPS) is 11.8. The average Bonchev–Trinajstić information content (AvgIpc) is 0.915. The van der Waals surface area contributed by atoms with Gasteiger partial charge in [0, 0.05) is 86.6 Å². The molecule has 0 bridgehead atoms. The molecule has 0 saturated carbocycles. The van der Waals surface area contributed by atoms with E-state index >= 15 is 0 Å². The smallest absolute Gasteiger partial charge is 0.0640 e. The van der Waals surface area contributed by atoms with Gasteiger partial charge in [0.1, 0.15) is 0 Å². The van der Waals surface area contributed by atoms with Gasteiger partial charge in [-0.2, -0.15) is 0 Å². The van der Waals surface area contributed by atoms with Gasteiger partial charge in [-0.1, -0.05) is 370 Å². The lowest BCUT2D eigenvalue weighted by Crippen LogP contribution is -2.10. The van der Waals surface area contributed by atoms with Crippen LogP contribution >= 0.6 is 22.7 Å². The molecular formula is C136H86N4S2. The molecule has 0 aliphatic carbocycles. The van der Waals surface area contributed by atoms with E-state index in [0.717, 1.165) is 34.1 Å². The largest absolute Gasteiger partial charge is 0.309 e. The fourth-order valence-corrected chi connectivity index (χ4v) is 25.0. The van der Waals surface area contributed by atoms with Gasteiger partial charge in [-0.15, -0.1) is 22.7 Å². The maximum atomic E-state index is 2.45. The highest BCUT2D eigenvalue weighted by atomic mass is 32.1. The zero-order valence-electron chi connectivity index (χ0n) is 77.3. The molecule has 4 aromatic heterocycles. The minimum absolute atomic E-state index is 1.11. The van der Waals surface area contributed by atoms with Crippen LogP contribution in [0.2, 0.25) is 0 Å². The number of thiophene rings is 2.